The lowest BCUT2D eigenvalue weighted by atomic mass is 10.3. The number of aromatic nitrogens is 4. The van der Waals surface area contributed by atoms with Crippen molar-refractivity contribution < 1.29 is 0 Å². The van der Waals surface area contributed by atoms with Crippen LogP contribution < -0.4 is 10.6 Å². The zero-order valence-electron chi connectivity index (χ0n) is 15.6. The third kappa shape index (κ3) is 5.99. The maximum atomic E-state index is 4.51. The molecule has 144 valence electrons. The van der Waals surface area contributed by atoms with Crippen molar-refractivity contribution in [2.75, 3.05) is 13.6 Å². The largest absolute Gasteiger partial charge is 0.356 e. The van der Waals surface area contributed by atoms with Crippen LogP contribution in [0.15, 0.2) is 41.9 Å². The van der Waals surface area contributed by atoms with Crippen molar-refractivity contribution in [3.05, 3.63) is 58.2 Å². The van der Waals surface area contributed by atoms with Gasteiger partial charge in [0.25, 0.3) is 0 Å². The molecule has 0 aliphatic rings. The molecule has 3 aromatic rings. The van der Waals surface area contributed by atoms with E-state index in [2.05, 4.69) is 43.6 Å². The summed E-state index contributed by atoms with van der Waals surface area (Å²) < 4.78 is 1.96. The van der Waals surface area contributed by atoms with E-state index in [1.165, 1.54) is 4.88 Å². The summed E-state index contributed by atoms with van der Waals surface area (Å²) in [7, 11) is 1.77. The monoisotopic (exact) mass is 497 g/mol. The number of nitrogens with zero attached hydrogens (tertiary/aromatic N) is 5. The highest BCUT2D eigenvalue weighted by Crippen LogP contribution is 2.11. The summed E-state index contributed by atoms with van der Waals surface area (Å²) in [5.41, 5.74) is 1.09. The molecule has 3 heterocycles. The van der Waals surface area contributed by atoms with Gasteiger partial charge in [-0.3, -0.25) is 9.56 Å². The molecule has 0 bridgehead atoms. The van der Waals surface area contributed by atoms with E-state index < -0.39 is 0 Å². The highest BCUT2D eigenvalue weighted by molar-refractivity contribution is 14.0. The number of aryl methyl sites for hydroxylation is 2. The molecule has 0 fully saturated rings. The van der Waals surface area contributed by atoms with Crippen molar-refractivity contribution in [2.24, 2.45) is 4.99 Å². The minimum Gasteiger partial charge on any atom is -0.356 e. The van der Waals surface area contributed by atoms with Gasteiger partial charge in [-0.25, -0.2) is 15.0 Å². The maximum Gasteiger partial charge on any atom is 0.191 e. The Balaban J connectivity index is 0.00000261. The lowest BCUT2D eigenvalue weighted by Gasteiger charge is -2.11. The van der Waals surface area contributed by atoms with E-state index in [1.54, 1.807) is 24.6 Å². The zero-order valence-corrected chi connectivity index (χ0v) is 18.8. The number of thiazole rings is 1. The third-order valence-electron chi connectivity index (χ3n) is 3.87. The van der Waals surface area contributed by atoms with Crippen molar-refractivity contribution >= 4 is 41.3 Å². The first-order valence-electron chi connectivity index (χ1n) is 8.47. The second kappa shape index (κ2) is 10.4. The molecule has 2 N–H and O–H groups in total. The molecule has 0 radical (unpaired) electrons. The van der Waals surface area contributed by atoms with Gasteiger partial charge in [0.1, 0.15) is 11.6 Å². The van der Waals surface area contributed by atoms with E-state index >= 15 is 0 Å². The average Bonchev–Trinajstić information content (AvgIpc) is 3.26. The van der Waals surface area contributed by atoms with Gasteiger partial charge in [0.2, 0.25) is 0 Å². The van der Waals surface area contributed by atoms with Gasteiger partial charge in [-0.1, -0.05) is 6.07 Å². The van der Waals surface area contributed by atoms with Crippen LogP contribution in [0.5, 0.6) is 0 Å². The third-order valence-corrected chi connectivity index (χ3v) is 4.84. The van der Waals surface area contributed by atoms with E-state index in [4.69, 9.17) is 0 Å². The van der Waals surface area contributed by atoms with E-state index in [9.17, 15) is 0 Å². The van der Waals surface area contributed by atoms with E-state index in [1.807, 2.05) is 36.1 Å². The topological polar surface area (TPSA) is 80.0 Å². The van der Waals surface area contributed by atoms with Gasteiger partial charge in [0.05, 0.1) is 5.01 Å². The van der Waals surface area contributed by atoms with E-state index in [-0.39, 0.29) is 24.0 Å². The number of nitrogens with one attached hydrogen (secondary N) is 2. The molecule has 0 spiro atoms. The van der Waals surface area contributed by atoms with Crippen molar-refractivity contribution in [1.82, 2.24) is 30.2 Å². The van der Waals surface area contributed by atoms with Gasteiger partial charge in [-0.2, -0.15) is 0 Å². The van der Waals surface area contributed by atoms with Gasteiger partial charge in [0, 0.05) is 56.2 Å². The number of hydrogen-bond acceptors (Lipinski definition) is 5. The Morgan fingerprint density at radius 2 is 2.00 bits per heavy atom. The smallest absolute Gasteiger partial charge is 0.191 e. The lowest BCUT2D eigenvalue weighted by molar-refractivity contribution is 0.789. The quantitative estimate of drug-likeness (QED) is 0.311. The molecule has 7 nitrogen and oxygen atoms in total. The van der Waals surface area contributed by atoms with Crippen LogP contribution in [-0.4, -0.2) is 39.1 Å². The van der Waals surface area contributed by atoms with Gasteiger partial charge in [-0.05, 0) is 25.5 Å². The summed E-state index contributed by atoms with van der Waals surface area (Å²) in [4.78, 5) is 18.6. The Kier molecular flexibility index (Phi) is 8.17. The molecule has 0 unspecified atom stereocenters. The van der Waals surface area contributed by atoms with Crippen LogP contribution in [0.1, 0.15) is 21.3 Å². The van der Waals surface area contributed by atoms with Crippen LogP contribution in [-0.2, 0) is 13.0 Å². The van der Waals surface area contributed by atoms with Crippen LogP contribution in [0.2, 0.25) is 0 Å². The Morgan fingerprint density at radius 3 is 2.59 bits per heavy atom. The SMILES string of the molecule is CN=C(NCCc1ncc(C)s1)NCc1ccc(-n2ccnc2C)nc1.I. The Bertz CT molecular complexity index is 870. The van der Waals surface area contributed by atoms with Crippen molar-refractivity contribution in [2.45, 2.75) is 26.8 Å². The first-order valence-corrected chi connectivity index (χ1v) is 9.28. The van der Waals surface area contributed by atoms with Crippen LogP contribution >= 0.6 is 35.3 Å². The second-order valence-corrected chi connectivity index (χ2v) is 7.16. The first kappa shape index (κ1) is 21.3. The summed E-state index contributed by atoms with van der Waals surface area (Å²) in [5.74, 6) is 2.56. The van der Waals surface area contributed by atoms with Crippen LogP contribution in [0.25, 0.3) is 5.82 Å². The number of pyridine rings is 1. The molecule has 0 aliphatic carbocycles. The number of hydrogen-bond donors (Lipinski definition) is 2. The van der Waals surface area contributed by atoms with Crippen molar-refractivity contribution in [3.63, 3.8) is 0 Å². The zero-order chi connectivity index (χ0) is 18.4. The number of guanidine groups is 1. The van der Waals surface area contributed by atoms with Crippen molar-refractivity contribution in [3.8, 4) is 5.82 Å². The predicted molar refractivity (Wildman–Crippen MR) is 120 cm³/mol. The number of rotatable bonds is 6. The summed E-state index contributed by atoms with van der Waals surface area (Å²) >= 11 is 1.73. The maximum absolute atomic E-state index is 4.51. The second-order valence-electron chi connectivity index (χ2n) is 5.84. The van der Waals surface area contributed by atoms with Crippen LogP contribution in [0, 0.1) is 13.8 Å². The minimum absolute atomic E-state index is 0. The van der Waals surface area contributed by atoms with Crippen molar-refractivity contribution in [1.29, 1.82) is 0 Å². The van der Waals surface area contributed by atoms with Gasteiger partial charge < -0.3 is 10.6 Å². The highest BCUT2D eigenvalue weighted by atomic mass is 127. The Hall–Kier alpha value is -2.01. The molecule has 3 rings (SSSR count). The van der Waals surface area contributed by atoms with Crippen LogP contribution in [0.4, 0.5) is 0 Å². The Labute approximate surface area is 180 Å². The molecule has 0 aliphatic heterocycles. The number of imidazole rings is 1. The molecule has 27 heavy (non-hydrogen) atoms. The standard InChI is InChI=1S/C18H23N7S.HI/c1-13-10-23-17(26-13)6-7-21-18(19-3)24-12-15-4-5-16(22-11-15)25-9-8-20-14(25)2;/h4-5,8-11H,6-7,12H2,1-3H3,(H2,19,21,24);1H. The van der Waals surface area contributed by atoms with Gasteiger partial charge >= 0.3 is 0 Å². The highest BCUT2D eigenvalue weighted by Gasteiger charge is 2.04. The summed E-state index contributed by atoms with van der Waals surface area (Å²) in [6, 6.07) is 4.05. The summed E-state index contributed by atoms with van der Waals surface area (Å²) in [5, 5.41) is 7.76. The summed E-state index contributed by atoms with van der Waals surface area (Å²) in [6.45, 7) is 5.48. The molecule has 3 aromatic heterocycles. The predicted octanol–water partition coefficient (Wildman–Crippen LogP) is 2.87. The van der Waals surface area contributed by atoms with Crippen LogP contribution in [0.3, 0.4) is 0 Å². The molecule has 0 saturated heterocycles. The minimum atomic E-state index is 0. The Morgan fingerprint density at radius 1 is 1.15 bits per heavy atom. The molecular weight excluding hydrogens is 473 g/mol. The molecule has 9 heteroatoms. The fourth-order valence-corrected chi connectivity index (χ4v) is 3.28. The van der Waals surface area contributed by atoms with E-state index in [0.29, 0.717) is 6.54 Å². The average molecular weight is 497 g/mol. The lowest BCUT2D eigenvalue weighted by Crippen LogP contribution is -2.37. The van der Waals surface area contributed by atoms with Gasteiger partial charge in [-0.15, -0.1) is 35.3 Å². The molecule has 0 amide bonds. The molecule has 0 aromatic carbocycles. The van der Waals surface area contributed by atoms with Gasteiger partial charge in [0.15, 0.2) is 5.96 Å². The molecule has 0 atom stereocenters. The fourth-order valence-electron chi connectivity index (χ4n) is 2.50. The number of halogens is 1. The number of aliphatic imine (C=N–C) groups is 1. The molecule has 0 saturated carbocycles. The fraction of sp³-hybridized carbons (Fsp3) is 0.333. The molecular formula is C18H24IN7S. The first-order chi connectivity index (χ1) is 12.7. The summed E-state index contributed by atoms with van der Waals surface area (Å²) in [6.07, 6.45) is 8.35. The van der Waals surface area contributed by atoms with E-state index in [0.717, 1.165) is 41.1 Å². The normalized spacial score (nSPS) is 11.1.